The number of hydrogen-bond donors (Lipinski definition) is 3. The molecule has 0 aromatic heterocycles. The van der Waals surface area contributed by atoms with Crippen LogP contribution in [0.2, 0.25) is 0 Å². The van der Waals surface area contributed by atoms with Crippen LogP contribution in [0.15, 0.2) is 66.7 Å². The Morgan fingerprint density at radius 1 is 0.943 bits per heavy atom. The van der Waals surface area contributed by atoms with Crippen molar-refractivity contribution in [1.82, 2.24) is 5.32 Å². The second-order valence-electron chi connectivity index (χ2n) is 8.60. The van der Waals surface area contributed by atoms with Crippen molar-refractivity contribution >= 4 is 23.7 Å². The molecule has 0 saturated carbocycles. The summed E-state index contributed by atoms with van der Waals surface area (Å²) in [6.45, 7) is 3.70. The molecule has 180 valence electrons. The van der Waals surface area contributed by atoms with Gasteiger partial charge in [-0.1, -0.05) is 74.0 Å². The quantitative estimate of drug-likeness (QED) is 0.411. The molecule has 0 fully saturated rings. The third-order valence-electron chi connectivity index (χ3n) is 6.27. The smallest absolute Gasteiger partial charge is 0.407 e. The van der Waals surface area contributed by atoms with Crippen LogP contribution >= 0.6 is 0 Å². The number of amides is 2. The number of rotatable bonds is 8. The molecular weight excluding hydrogens is 444 g/mol. The molecule has 4 rings (SSSR count). The topological polar surface area (TPSA) is 105 Å². The second kappa shape index (κ2) is 10.4. The zero-order chi connectivity index (χ0) is 24.9. The number of carboxylic acid groups (broad SMARTS) is 1. The normalized spacial score (nSPS) is 12.9. The van der Waals surface area contributed by atoms with Crippen LogP contribution in [0.25, 0.3) is 11.1 Å². The maximum absolute atomic E-state index is 12.9. The molecule has 1 unspecified atom stereocenters. The van der Waals surface area contributed by atoms with Gasteiger partial charge in [0, 0.05) is 5.92 Å². The standard InChI is InChI=1S/C28H28N2O5/c1-3-9-24(26(31)29-23-15-8-10-17(2)25(23)27(32)33)30-28(34)35-16-22-20-13-6-4-11-18(20)19-12-5-7-14-21(19)22/h4-8,10-15,22,24H,3,9,16H2,1-2H3,(H,29,31)(H,30,34)(H,32,33). The molecular formula is C28H28N2O5. The molecule has 2 amide bonds. The van der Waals surface area contributed by atoms with Crippen molar-refractivity contribution in [1.29, 1.82) is 0 Å². The van der Waals surface area contributed by atoms with Crippen molar-refractivity contribution in [2.75, 3.05) is 11.9 Å². The number of aryl methyl sites for hydroxylation is 1. The molecule has 3 aromatic rings. The van der Waals surface area contributed by atoms with Gasteiger partial charge in [-0.15, -0.1) is 0 Å². The van der Waals surface area contributed by atoms with Crippen molar-refractivity contribution in [3.05, 3.63) is 89.0 Å². The lowest BCUT2D eigenvalue weighted by Gasteiger charge is -2.20. The number of benzene rings is 3. The van der Waals surface area contributed by atoms with Crippen LogP contribution in [0.1, 0.15) is 52.7 Å². The van der Waals surface area contributed by atoms with E-state index in [2.05, 4.69) is 22.8 Å². The molecule has 3 N–H and O–H groups in total. The fourth-order valence-electron chi connectivity index (χ4n) is 4.62. The highest BCUT2D eigenvalue weighted by molar-refractivity contribution is 6.03. The SMILES string of the molecule is CCCC(NC(=O)OCC1c2ccccc2-c2ccccc21)C(=O)Nc1cccc(C)c1C(=O)O. The van der Waals surface area contributed by atoms with Crippen LogP contribution in [-0.2, 0) is 9.53 Å². The Morgan fingerprint density at radius 2 is 1.57 bits per heavy atom. The van der Waals surface area contributed by atoms with E-state index in [1.807, 2.05) is 43.3 Å². The Balaban J connectivity index is 1.43. The average molecular weight is 473 g/mol. The van der Waals surface area contributed by atoms with E-state index in [1.165, 1.54) is 6.07 Å². The van der Waals surface area contributed by atoms with Gasteiger partial charge in [0.1, 0.15) is 12.6 Å². The average Bonchev–Trinajstić information content (AvgIpc) is 3.16. The summed E-state index contributed by atoms with van der Waals surface area (Å²) in [4.78, 5) is 37.3. The third kappa shape index (κ3) is 5.04. The molecule has 0 heterocycles. The summed E-state index contributed by atoms with van der Waals surface area (Å²) in [5.41, 5.74) is 5.22. The molecule has 0 radical (unpaired) electrons. The first-order valence-corrected chi connectivity index (χ1v) is 11.7. The van der Waals surface area contributed by atoms with Crippen LogP contribution in [-0.4, -0.2) is 35.7 Å². The van der Waals surface area contributed by atoms with E-state index >= 15 is 0 Å². The van der Waals surface area contributed by atoms with E-state index < -0.39 is 24.0 Å². The Bertz CT molecular complexity index is 1220. The van der Waals surface area contributed by atoms with Crippen molar-refractivity contribution in [3.8, 4) is 11.1 Å². The van der Waals surface area contributed by atoms with E-state index in [-0.39, 0.29) is 23.8 Å². The first-order chi connectivity index (χ1) is 16.9. The lowest BCUT2D eigenvalue weighted by atomic mass is 9.98. The summed E-state index contributed by atoms with van der Waals surface area (Å²) >= 11 is 0. The van der Waals surface area contributed by atoms with Gasteiger partial charge in [0.2, 0.25) is 5.91 Å². The summed E-state index contributed by atoms with van der Waals surface area (Å²) in [6, 6.07) is 20.1. The van der Waals surface area contributed by atoms with E-state index in [0.29, 0.717) is 18.4 Å². The fraction of sp³-hybridized carbons (Fsp3) is 0.250. The van der Waals surface area contributed by atoms with Gasteiger partial charge in [-0.2, -0.15) is 0 Å². The maximum Gasteiger partial charge on any atom is 0.407 e. The molecule has 7 heteroatoms. The van der Waals surface area contributed by atoms with Gasteiger partial charge in [0.05, 0.1) is 11.3 Å². The van der Waals surface area contributed by atoms with Gasteiger partial charge in [0.15, 0.2) is 0 Å². The predicted octanol–water partition coefficient (Wildman–Crippen LogP) is 5.34. The minimum absolute atomic E-state index is 0.0252. The van der Waals surface area contributed by atoms with Crippen LogP contribution in [0.3, 0.4) is 0 Å². The van der Waals surface area contributed by atoms with E-state index in [4.69, 9.17) is 4.74 Å². The number of alkyl carbamates (subject to hydrolysis) is 1. The first kappa shape index (κ1) is 24.0. The van der Waals surface area contributed by atoms with Crippen molar-refractivity contribution in [2.24, 2.45) is 0 Å². The lowest BCUT2D eigenvalue weighted by Crippen LogP contribution is -2.44. The highest BCUT2D eigenvalue weighted by atomic mass is 16.5. The molecule has 0 spiro atoms. The van der Waals surface area contributed by atoms with Gasteiger partial charge in [-0.3, -0.25) is 4.79 Å². The molecule has 1 aliphatic rings. The number of carbonyl (C=O) groups excluding carboxylic acids is 2. The Kier molecular flexibility index (Phi) is 7.15. The summed E-state index contributed by atoms with van der Waals surface area (Å²) in [7, 11) is 0. The molecule has 1 atom stereocenters. The van der Waals surface area contributed by atoms with E-state index in [9.17, 15) is 19.5 Å². The molecule has 1 aliphatic carbocycles. The zero-order valence-corrected chi connectivity index (χ0v) is 19.7. The summed E-state index contributed by atoms with van der Waals surface area (Å²) in [6.07, 6.45) is 0.328. The van der Waals surface area contributed by atoms with E-state index in [0.717, 1.165) is 22.3 Å². The highest BCUT2D eigenvalue weighted by Gasteiger charge is 2.30. The number of hydrogen-bond acceptors (Lipinski definition) is 4. The summed E-state index contributed by atoms with van der Waals surface area (Å²) in [5, 5.41) is 14.8. The summed E-state index contributed by atoms with van der Waals surface area (Å²) < 4.78 is 5.57. The molecule has 35 heavy (non-hydrogen) atoms. The number of carboxylic acids is 1. The Labute approximate surface area is 204 Å². The van der Waals surface area contributed by atoms with Crippen molar-refractivity contribution < 1.29 is 24.2 Å². The largest absolute Gasteiger partial charge is 0.478 e. The van der Waals surface area contributed by atoms with Gasteiger partial charge in [0.25, 0.3) is 0 Å². The number of ether oxygens (including phenoxy) is 1. The number of fused-ring (bicyclic) bond motifs is 3. The van der Waals surface area contributed by atoms with Crippen LogP contribution < -0.4 is 10.6 Å². The molecule has 0 bridgehead atoms. The Morgan fingerprint density at radius 3 is 2.17 bits per heavy atom. The van der Waals surface area contributed by atoms with Crippen molar-refractivity contribution in [2.45, 2.75) is 38.6 Å². The number of nitrogens with one attached hydrogen (secondary N) is 2. The number of anilines is 1. The number of aromatic carboxylic acids is 1. The minimum atomic E-state index is -1.13. The van der Waals surface area contributed by atoms with Gasteiger partial charge in [-0.05, 0) is 47.2 Å². The summed E-state index contributed by atoms with van der Waals surface area (Å²) in [5.74, 6) is -1.71. The molecule has 7 nitrogen and oxygen atoms in total. The third-order valence-corrected chi connectivity index (χ3v) is 6.27. The zero-order valence-electron chi connectivity index (χ0n) is 19.7. The van der Waals surface area contributed by atoms with Gasteiger partial charge < -0.3 is 20.5 Å². The van der Waals surface area contributed by atoms with Crippen molar-refractivity contribution in [3.63, 3.8) is 0 Å². The lowest BCUT2D eigenvalue weighted by molar-refractivity contribution is -0.118. The maximum atomic E-state index is 12.9. The van der Waals surface area contributed by atoms with Gasteiger partial charge >= 0.3 is 12.1 Å². The van der Waals surface area contributed by atoms with Crippen LogP contribution in [0, 0.1) is 6.92 Å². The first-order valence-electron chi connectivity index (χ1n) is 11.7. The molecule has 3 aromatic carbocycles. The van der Waals surface area contributed by atoms with Crippen LogP contribution in [0.5, 0.6) is 0 Å². The molecule has 0 aliphatic heterocycles. The minimum Gasteiger partial charge on any atom is -0.478 e. The predicted molar refractivity (Wildman–Crippen MR) is 134 cm³/mol. The highest BCUT2D eigenvalue weighted by Crippen LogP contribution is 2.44. The fourth-order valence-corrected chi connectivity index (χ4v) is 4.62. The molecule has 0 saturated heterocycles. The van der Waals surface area contributed by atoms with Crippen LogP contribution in [0.4, 0.5) is 10.5 Å². The number of carbonyl (C=O) groups is 3. The van der Waals surface area contributed by atoms with E-state index in [1.54, 1.807) is 19.1 Å². The monoisotopic (exact) mass is 472 g/mol. The van der Waals surface area contributed by atoms with Gasteiger partial charge in [-0.25, -0.2) is 9.59 Å². The Hall–Kier alpha value is -4.13. The second-order valence-corrected chi connectivity index (χ2v) is 8.60.